The molecule has 1 heterocycles. The van der Waals surface area contributed by atoms with Crippen LogP contribution in [0.15, 0.2) is 47.4 Å². The van der Waals surface area contributed by atoms with E-state index in [1.54, 1.807) is 17.0 Å². The molecular formula is C20H22Cl2N2O3S. The van der Waals surface area contributed by atoms with E-state index in [1.165, 1.54) is 37.4 Å². The minimum absolute atomic E-state index is 0.118. The molecule has 3 rings (SSSR count). The fourth-order valence-corrected chi connectivity index (χ4v) is 4.83. The summed E-state index contributed by atoms with van der Waals surface area (Å²) in [4.78, 5) is 14.9. The van der Waals surface area contributed by atoms with Gasteiger partial charge >= 0.3 is 0 Å². The Hall–Kier alpha value is -1.76. The van der Waals surface area contributed by atoms with Gasteiger partial charge in [-0.1, -0.05) is 30.1 Å². The first-order valence-corrected chi connectivity index (χ1v) is 11.2. The Labute approximate surface area is 175 Å². The largest absolute Gasteiger partial charge is 0.338 e. The highest BCUT2D eigenvalue weighted by Crippen LogP contribution is 2.29. The van der Waals surface area contributed by atoms with Crippen molar-refractivity contribution in [3.63, 3.8) is 0 Å². The highest BCUT2D eigenvalue weighted by Gasteiger charge is 2.26. The van der Waals surface area contributed by atoms with Crippen molar-refractivity contribution in [2.45, 2.75) is 24.7 Å². The second kappa shape index (κ2) is 8.31. The van der Waals surface area contributed by atoms with E-state index in [-0.39, 0.29) is 10.8 Å². The van der Waals surface area contributed by atoms with Crippen molar-refractivity contribution in [3.05, 3.63) is 58.1 Å². The van der Waals surface area contributed by atoms with Crippen LogP contribution in [0.25, 0.3) is 0 Å². The predicted molar refractivity (Wildman–Crippen MR) is 113 cm³/mol. The van der Waals surface area contributed by atoms with E-state index >= 15 is 0 Å². The molecule has 1 aliphatic heterocycles. The van der Waals surface area contributed by atoms with Gasteiger partial charge in [0, 0.05) is 25.2 Å². The molecule has 0 N–H and O–H groups in total. The molecule has 0 unspecified atom stereocenters. The number of carbonyl (C=O) groups excluding carboxylic acids is 1. The first kappa shape index (κ1) is 21.0. The molecule has 1 fully saturated rings. The van der Waals surface area contributed by atoms with Crippen LogP contribution in [-0.2, 0) is 10.0 Å². The summed E-state index contributed by atoms with van der Waals surface area (Å²) in [6.45, 7) is 3.48. The Morgan fingerprint density at radius 2 is 1.82 bits per heavy atom. The van der Waals surface area contributed by atoms with E-state index in [2.05, 4.69) is 6.92 Å². The lowest BCUT2D eigenvalue weighted by atomic mass is 9.99. The van der Waals surface area contributed by atoms with Crippen LogP contribution in [0, 0.1) is 5.92 Å². The summed E-state index contributed by atoms with van der Waals surface area (Å²) in [6, 6.07) is 10.6. The Morgan fingerprint density at radius 3 is 2.46 bits per heavy atom. The highest BCUT2D eigenvalue weighted by atomic mass is 35.5. The molecule has 1 atom stereocenters. The third kappa shape index (κ3) is 4.29. The minimum atomic E-state index is -3.79. The van der Waals surface area contributed by atoms with Crippen molar-refractivity contribution >= 4 is 44.8 Å². The topological polar surface area (TPSA) is 57.7 Å². The standard InChI is InChI=1S/C20H22Cl2N2O3S/c1-14-4-3-11-24(13-14)20(25)18-12-16(7-10-19(18)22)23(2)28(26,27)17-8-5-15(21)6-9-17/h5-10,12,14H,3-4,11,13H2,1-2H3/t14-/m1/s1. The number of benzene rings is 2. The van der Waals surface area contributed by atoms with Crippen LogP contribution in [-0.4, -0.2) is 39.4 Å². The Kier molecular flexibility index (Phi) is 6.22. The number of nitrogens with zero attached hydrogens (tertiary/aromatic N) is 2. The van der Waals surface area contributed by atoms with Gasteiger partial charge in [0.15, 0.2) is 0 Å². The molecule has 0 bridgehead atoms. The lowest BCUT2D eigenvalue weighted by molar-refractivity contribution is 0.0683. The van der Waals surface area contributed by atoms with Crippen LogP contribution in [0.4, 0.5) is 5.69 Å². The molecule has 150 valence electrons. The lowest BCUT2D eigenvalue weighted by Crippen LogP contribution is -2.39. The first-order chi connectivity index (χ1) is 13.2. The zero-order chi connectivity index (χ0) is 20.5. The summed E-state index contributed by atoms with van der Waals surface area (Å²) < 4.78 is 27.0. The smallest absolute Gasteiger partial charge is 0.264 e. The van der Waals surface area contributed by atoms with Crippen molar-refractivity contribution in [2.24, 2.45) is 5.92 Å². The highest BCUT2D eigenvalue weighted by molar-refractivity contribution is 7.92. The molecule has 1 amide bonds. The molecule has 1 aliphatic rings. The first-order valence-electron chi connectivity index (χ1n) is 9.03. The van der Waals surface area contributed by atoms with E-state index in [4.69, 9.17) is 23.2 Å². The minimum Gasteiger partial charge on any atom is -0.338 e. The third-order valence-corrected chi connectivity index (χ3v) is 7.34. The normalized spacial score (nSPS) is 17.4. The predicted octanol–water partition coefficient (Wildman–Crippen LogP) is 4.69. The van der Waals surface area contributed by atoms with Gasteiger partial charge in [0.05, 0.1) is 21.2 Å². The summed E-state index contributed by atoms with van der Waals surface area (Å²) in [5.74, 6) is 0.267. The van der Waals surface area contributed by atoms with Crippen LogP contribution in [0.2, 0.25) is 10.0 Å². The Balaban J connectivity index is 1.92. The van der Waals surface area contributed by atoms with Gasteiger partial charge < -0.3 is 4.90 Å². The van der Waals surface area contributed by atoms with Crippen LogP contribution >= 0.6 is 23.2 Å². The SMILES string of the molecule is C[C@@H]1CCCN(C(=O)c2cc(N(C)S(=O)(=O)c3ccc(Cl)cc3)ccc2Cl)C1. The summed E-state index contributed by atoms with van der Waals surface area (Å²) >= 11 is 12.1. The van der Waals surface area contributed by atoms with E-state index in [9.17, 15) is 13.2 Å². The quantitative estimate of drug-likeness (QED) is 0.692. The lowest BCUT2D eigenvalue weighted by Gasteiger charge is -2.31. The average molecular weight is 441 g/mol. The van der Waals surface area contributed by atoms with Gasteiger partial charge in [-0.05, 0) is 61.2 Å². The monoisotopic (exact) mass is 440 g/mol. The van der Waals surface area contributed by atoms with Gasteiger partial charge in [-0.15, -0.1) is 0 Å². The van der Waals surface area contributed by atoms with Gasteiger partial charge in [-0.3, -0.25) is 9.10 Å². The molecule has 1 saturated heterocycles. The fraction of sp³-hybridized carbons (Fsp3) is 0.350. The zero-order valence-electron chi connectivity index (χ0n) is 15.7. The molecule has 0 aliphatic carbocycles. The molecule has 0 aromatic heterocycles. The van der Waals surface area contributed by atoms with Crippen molar-refractivity contribution < 1.29 is 13.2 Å². The van der Waals surface area contributed by atoms with Crippen molar-refractivity contribution in [2.75, 3.05) is 24.4 Å². The molecule has 5 nitrogen and oxygen atoms in total. The van der Waals surface area contributed by atoms with Crippen LogP contribution < -0.4 is 4.31 Å². The molecule has 8 heteroatoms. The van der Waals surface area contributed by atoms with Gasteiger partial charge in [0.25, 0.3) is 15.9 Å². The molecule has 2 aromatic rings. The number of carbonyl (C=O) groups is 1. The Morgan fingerprint density at radius 1 is 1.14 bits per heavy atom. The molecule has 2 aromatic carbocycles. The van der Waals surface area contributed by atoms with Gasteiger partial charge in [0.1, 0.15) is 0 Å². The van der Waals surface area contributed by atoms with Crippen LogP contribution in [0.1, 0.15) is 30.1 Å². The van der Waals surface area contributed by atoms with Crippen LogP contribution in [0.3, 0.4) is 0 Å². The summed E-state index contributed by atoms with van der Waals surface area (Å²) in [5, 5.41) is 0.765. The number of rotatable bonds is 4. The number of amides is 1. The molecular weight excluding hydrogens is 419 g/mol. The zero-order valence-corrected chi connectivity index (χ0v) is 18.1. The Bertz CT molecular complexity index is 977. The molecule has 28 heavy (non-hydrogen) atoms. The number of hydrogen-bond donors (Lipinski definition) is 0. The maximum atomic E-state index is 13.0. The van der Waals surface area contributed by atoms with Gasteiger partial charge in [0.2, 0.25) is 0 Å². The van der Waals surface area contributed by atoms with Gasteiger partial charge in [-0.25, -0.2) is 8.42 Å². The van der Waals surface area contributed by atoms with E-state index in [1.807, 2.05) is 0 Å². The fourth-order valence-electron chi connectivity index (χ4n) is 3.32. The number of anilines is 1. The maximum absolute atomic E-state index is 13.0. The summed E-state index contributed by atoms with van der Waals surface area (Å²) in [6.07, 6.45) is 2.05. The van der Waals surface area contributed by atoms with E-state index < -0.39 is 10.0 Å². The second-order valence-corrected chi connectivity index (χ2v) is 9.90. The number of hydrogen-bond acceptors (Lipinski definition) is 3. The van der Waals surface area contributed by atoms with Crippen molar-refractivity contribution in [3.8, 4) is 0 Å². The number of sulfonamides is 1. The van der Waals surface area contributed by atoms with E-state index in [0.29, 0.717) is 40.3 Å². The van der Waals surface area contributed by atoms with Gasteiger partial charge in [-0.2, -0.15) is 0 Å². The maximum Gasteiger partial charge on any atom is 0.264 e. The van der Waals surface area contributed by atoms with Crippen LogP contribution in [0.5, 0.6) is 0 Å². The van der Waals surface area contributed by atoms with Crippen molar-refractivity contribution in [1.29, 1.82) is 0 Å². The van der Waals surface area contributed by atoms with E-state index in [0.717, 1.165) is 17.1 Å². The third-order valence-electron chi connectivity index (χ3n) is 4.96. The number of piperidine rings is 1. The molecule has 0 radical (unpaired) electrons. The average Bonchev–Trinajstić information content (AvgIpc) is 2.67. The van der Waals surface area contributed by atoms with Crippen molar-refractivity contribution in [1.82, 2.24) is 4.90 Å². The summed E-state index contributed by atoms with van der Waals surface area (Å²) in [5.41, 5.74) is 0.680. The number of halogens is 2. The molecule has 0 saturated carbocycles. The summed E-state index contributed by atoms with van der Waals surface area (Å²) in [7, 11) is -2.34. The second-order valence-electron chi connectivity index (χ2n) is 7.09. The molecule has 0 spiro atoms. The number of likely N-dealkylation sites (tertiary alicyclic amines) is 1.